The number of ether oxygens (including phenoxy) is 6. The van der Waals surface area contributed by atoms with Gasteiger partial charge >= 0.3 is 0 Å². The first kappa shape index (κ1) is 60.2. The highest BCUT2D eigenvalue weighted by molar-refractivity contribution is 5.71. The molecule has 12 heteroatoms. The van der Waals surface area contributed by atoms with Gasteiger partial charge in [-0.3, -0.25) is 0 Å². The van der Waals surface area contributed by atoms with Crippen molar-refractivity contribution in [3.8, 4) is 46.0 Å². The Morgan fingerprint density at radius 1 is 0.526 bits per heavy atom. The highest BCUT2D eigenvalue weighted by atomic mass is 16.5. The molecule has 0 saturated heterocycles. The average molecular weight is 1080 g/mol. The van der Waals surface area contributed by atoms with Crippen LogP contribution in [0.5, 0.6) is 46.0 Å². The minimum Gasteiger partial charge on any atom is -0.544 e. The van der Waals surface area contributed by atoms with Gasteiger partial charge < -0.3 is 57.2 Å². The first-order chi connectivity index (χ1) is 37.8. The Kier molecular flexibility index (Phi) is 22.5. The van der Waals surface area contributed by atoms with Gasteiger partial charge in [-0.25, -0.2) is 0 Å². The standard InChI is InChI=1S/C66H94N2O10/c1-9-11-13-15-17-19-21-23-25-27-29-53(65(69)70)67(3)39-37-49-44-58(74-6)60-46-52(49)55(67)41-47-31-34-51(35-32-47)77-59-43-48(33-36-57(59)73-5)42-56-62-50(45-61(75-7)63(76-8)64(62)78-60)38-40-68(56,4)54(66(71)72)30-28-26-24-22-20-18-16-14-12-10-2/h31-36,43-46,53-56H,9-30,37-42H2,1-8H3. The summed E-state index contributed by atoms with van der Waals surface area (Å²) in [6, 6.07) is 17.8. The molecule has 0 aliphatic carbocycles. The number of carbonyl (C=O) groups is 2. The summed E-state index contributed by atoms with van der Waals surface area (Å²) in [7, 11) is 10.7. The van der Waals surface area contributed by atoms with E-state index in [0.717, 1.165) is 78.3 Å². The summed E-state index contributed by atoms with van der Waals surface area (Å²) >= 11 is 0. The van der Waals surface area contributed by atoms with Crippen LogP contribution in [0.25, 0.3) is 0 Å². The van der Waals surface area contributed by atoms with Crippen molar-refractivity contribution in [2.45, 2.75) is 205 Å². The van der Waals surface area contributed by atoms with Gasteiger partial charge in [0.2, 0.25) is 5.75 Å². The number of aliphatic carboxylic acids is 2. The smallest absolute Gasteiger partial charge is 0.204 e. The number of nitrogens with zero attached hydrogens (tertiary/aromatic N) is 2. The van der Waals surface area contributed by atoms with E-state index in [-0.39, 0.29) is 15.0 Å². The van der Waals surface area contributed by atoms with Gasteiger partial charge in [0.25, 0.3) is 0 Å². The Labute approximate surface area is 467 Å². The Hall–Kier alpha value is -5.46. The molecule has 8 rings (SSSR count). The number of hydrogen-bond donors (Lipinski definition) is 0. The third-order valence-electron chi connectivity index (χ3n) is 18.1. The van der Waals surface area contributed by atoms with E-state index in [1.54, 1.807) is 28.4 Å². The lowest BCUT2D eigenvalue weighted by molar-refractivity contribution is -0.958. The van der Waals surface area contributed by atoms with Gasteiger partial charge in [-0.15, -0.1) is 0 Å². The Balaban J connectivity index is 1.32. The Morgan fingerprint density at radius 3 is 1.50 bits per heavy atom. The maximum Gasteiger partial charge on any atom is 0.204 e. The largest absolute Gasteiger partial charge is 0.544 e. The molecule has 6 bridgehead atoms. The number of methoxy groups -OCH3 is 4. The van der Waals surface area contributed by atoms with Crippen molar-refractivity contribution in [1.29, 1.82) is 0 Å². The minimum absolute atomic E-state index is 0.172. The van der Waals surface area contributed by atoms with Crippen molar-refractivity contribution < 1.29 is 57.2 Å². The Bertz CT molecular complexity index is 2560. The van der Waals surface area contributed by atoms with Gasteiger partial charge in [0.15, 0.2) is 34.5 Å². The number of quaternary nitrogens is 2. The quantitative estimate of drug-likeness (QED) is 0.0367. The van der Waals surface area contributed by atoms with E-state index >= 15 is 0 Å². The van der Waals surface area contributed by atoms with Crippen molar-refractivity contribution in [3.63, 3.8) is 0 Å². The number of carboxylic acids is 2. The van der Waals surface area contributed by atoms with E-state index in [1.165, 1.54) is 83.5 Å². The lowest BCUT2D eigenvalue weighted by Gasteiger charge is -2.51. The van der Waals surface area contributed by atoms with Crippen molar-refractivity contribution >= 4 is 11.9 Å². The van der Waals surface area contributed by atoms with Crippen molar-refractivity contribution in [2.75, 3.05) is 55.6 Å². The molecule has 12 nitrogen and oxygen atoms in total. The highest BCUT2D eigenvalue weighted by Gasteiger charge is 2.49. The molecule has 4 aromatic carbocycles. The number of carbonyl (C=O) groups excluding carboxylic acids is 2. The lowest BCUT2D eigenvalue weighted by atomic mass is 9.83. The summed E-state index contributed by atoms with van der Waals surface area (Å²) in [5, 5.41) is 27.4. The number of carboxylic acid groups (broad SMARTS) is 2. The molecule has 428 valence electrons. The summed E-state index contributed by atoms with van der Waals surface area (Å²) in [6.45, 7) is 5.63. The molecule has 0 amide bonds. The molecule has 6 unspecified atom stereocenters. The molecule has 4 aliphatic heterocycles. The number of benzene rings is 4. The maximum absolute atomic E-state index is 13.8. The van der Waals surface area contributed by atoms with E-state index < -0.39 is 30.1 Å². The van der Waals surface area contributed by atoms with Crippen LogP contribution in [0.2, 0.25) is 0 Å². The zero-order chi connectivity index (χ0) is 55.7. The molecule has 6 atom stereocenters. The molecule has 0 spiro atoms. The fourth-order valence-electron chi connectivity index (χ4n) is 13.4. The van der Waals surface area contributed by atoms with Crippen LogP contribution in [-0.2, 0) is 35.3 Å². The summed E-state index contributed by atoms with van der Waals surface area (Å²) in [5.74, 6) is 1.91. The SMILES string of the molecule is CCCCCCCCCCCCC(C(=O)[O-])[N+]1(C)CCc2cc(OC)c3cc2C1Cc1ccc(cc1)Oc1cc(ccc1OC)CC1c2c(cc(OC)c(OC)c2O3)CC[N+]1(C)C(CCCCCCCCCCCC)C(=O)[O-]. The van der Waals surface area contributed by atoms with Gasteiger partial charge in [-0.2, -0.15) is 0 Å². The van der Waals surface area contributed by atoms with Crippen LogP contribution in [0.4, 0.5) is 0 Å². The van der Waals surface area contributed by atoms with Crippen LogP contribution in [0.3, 0.4) is 0 Å². The van der Waals surface area contributed by atoms with Gasteiger partial charge in [0.05, 0.1) is 73.1 Å². The van der Waals surface area contributed by atoms with Crippen molar-refractivity contribution in [2.24, 2.45) is 0 Å². The average Bonchev–Trinajstić information content (AvgIpc) is 3.43. The van der Waals surface area contributed by atoms with E-state index in [4.69, 9.17) is 28.4 Å². The molecule has 4 heterocycles. The second kappa shape index (κ2) is 29.1. The number of rotatable bonds is 30. The molecule has 4 aliphatic rings. The predicted molar refractivity (Wildman–Crippen MR) is 305 cm³/mol. The van der Waals surface area contributed by atoms with Crippen LogP contribution in [0.15, 0.2) is 60.7 Å². The number of hydrogen-bond acceptors (Lipinski definition) is 10. The maximum atomic E-state index is 13.8. The fourth-order valence-corrected chi connectivity index (χ4v) is 13.4. The van der Waals surface area contributed by atoms with Gasteiger partial charge in [0.1, 0.15) is 29.9 Å². The van der Waals surface area contributed by atoms with Crippen LogP contribution in [-0.4, -0.2) is 88.6 Å². The van der Waals surface area contributed by atoms with E-state index in [9.17, 15) is 19.8 Å². The van der Waals surface area contributed by atoms with Crippen molar-refractivity contribution in [1.82, 2.24) is 0 Å². The highest BCUT2D eigenvalue weighted by Crippen LogP contribution is 2.55. The van der Waals surface area contributed by atoms with E-state index in [1.807, 2.05) is 36.4 Å². The van der Waals surface area contributed by atoms with E-state index in [2.05, 4.69) is 52.2 Å². The molecule has 0 fully saturated rings. The van der Waals surface area contributed by atoms with Gasteiger partial charge in [-0.05, 0) is 77.6 Å². The van der Waals surface area contributed by atoms with Crippen LogP contribution >= 0.6 is 0 Å². The third-order valence-corrected chi connectivity index (χ3v) is 18.1. The molecule has 0 radical (unpaired) electrons. The third kappa shape index (κ3) is 14.5. The molecule has 0 N–H and O–H groups in total. The summed E-state index contributed by atoms with van der Waals surface area (Å²) in [6.07, 6.45) is 26.3. The molecule has 0 aromatic heterocycles. The van der Waals surface area contributed by atoms with Gasteiger partial charge in [-0.1, -0.05) is 148 Å². The zero-order valence-electron chi connectivity index (χ0n) is 48.9. The fraction of sp³-hybridized carbons (Fsp3) is 0.606. The van der Waals surface area contributed by atoms with Gasteiger partial charge in [0, 0.05) is 44.1 Å². The molecule has 4 aromatic rings. The Morgan fingerprint density at radius 2 is 0.987 bits per heavy atom. The topological polar surface area (TPSA) is 136 Å². The molecule has 78 heavy (non-hydrogen) atoms. The normalized spacial score (nSPS) is 20.3. The zero-order valence-corrected chi connectivity index (χ0v) is 48.9. The van der Waals surface area contributed by atoms with Crippen molar-refractivity contribution in [3.05, 3.63) is 94.0 Å². The molecular formula is C66H94N2O10. The second-order valence-corrected chi connectivity index (χ2v) is 23.2. The van der Waals surface area contributed by atoms with Crippen LogP contribution in [0, 0.1) is 0 Å². The predicted octanol–water partition coefficient (Wildman–Crippen LogP) is 13.1. The van der Waals surface area contributed by atoms with E-state index in [0.29, 0.717) is 97.6 Å². The molecule has 0 saturated carbocycles. The molecular weight excluding hydrogens is 981 g/mol. The minimum atomic E-state index is -1.06. The van der Waals surface area contributed by atoms with Crippen LogP contribution < -0.4 is 38.6 Å². The lowest BCUT2D eigenvalue weighted by Crippen LogP contribution is -2.63. The monoisotopic (exact) mass is 1070 g/mol. The first-order valence-corrected chi connectivity index (χ1v) is 30.0. The number of unbranched alkanes of at least 4 members (excludes halogenated alkanes) is 18. The summed E-state index contributed by atoms with van der Waals surface area (Å²) < 4.78 is 39.0. The number of fused-ring (bicyclic) bond motifs is 2. The van der Waals surface area contributed by atoms with Crippen LogP contribution in [0.1, 0.15) is 201 Å². The number of likely N-dealkylation sites (N-methyl/N-ethyl adjacent to an activating group) is 2. The first-order valence-electron chi connectivity index (χ1n) is 30.0. The summed E-state index contributed by atoms with van der Waals surface area (Å²) in [4.78, 5) is 27.4. The second-order valence-electron chi connectivity index (χ2n) is 23.2. The summed E-state index contributed by atoms with van der Waals surface area (Å²) in [5.41, 5.74) is 5.81.